The van der Waals surface area contributed by atoms with E-state index in [0.717, 1.165) is 42.7 Å². The van der Waals surface area contributed by atoms with Gasteiger partial charge in [0.25, 0.3) is 0 Å². The van der Waals surface area contributed by atoms with Crippen molar-refractivity contribution >= 4 is 28.3 Å². The van der Waals surface area contributed by atoms with Crippen molar-refractivity contribution in [1.29, 1.82) is 0 Å². The van der Waals surface area contributed by atoms with Crippen molar-refractivity contribution in [3.05, 3.63) is 24.5 Å². The maximum atomic E-state index is 11.1. The first-order chi connectivity index (χ1) is 10.1. The normalized spacial score (nSPS) is 16.1. The first-order valence-electron chi connectivity index (χ1n) is 7.16. The molecule has 1 fully saturated rings. The molecule has 1 aromatic heterocycles. The largest absolute Gasteiger partial charge is 0.399 e. The Kier molecular flexibility index (Phi) is 3.60. The van der Waals surface area contributed by atoms with Gasteiger partial charge < -0.3 is 16.0 Å². The molecule has 0 saturated carbocycles. The fourth-order valence-corrected chi connectivity index (χ4v) is 2.84. The molecule has 2 aromatic rings. The monoisotopic (exact) mass is 285 g/mol. The summed E-state index contributed by atoms with van der Waals surface area (Å²) >= 11 is 0. The summed E-state index contributed by atoms with van der Waals surface area (Å²) in [5, 5.41) is 3.96. The van der Waals surface area contributed by atoms with Crippen LogP contribution in [0, 0.1) is 0 Å². The van der Waals surface area contributed by atoms with E-state index >= 15 is 0 Å². The van der Waals surface area contributed by atoms with Crippen LogP contribution in [0.5, 0.6) is 0 Å². The van der Waals surface area contributed by atoms with Crippen molar-refractivity contribution in [3.63, 3.8) is 0 Å². The van der Waals surface area contributed by atoms with Gasteiger partial charge in [0.1, 0.15) is 12.1 Å². The highest BCUT2D eigenvalue weighted by molar-refractivity contribution is 5.91. The number of piperidine rings is 1. The van der Waals surface area contributed by atoms with E-state index in [1.165, 1.54) is 0 Å². The van der Waals surface area contributed by atoms with Crippen molar-refractivity contribution in [2.24, 2.45) is 0 Å². The molecule has 1 saturated heterocycles. The number of fused-ring (bicyclic) bond motifs is 1. The molecule has 3 rings (SSSR count). The molecule has 0 radical (unpaired) electrons. The number of carbonyl (C=O) groups is 1. The zero-order valence-electron chi connectivity index (χ0n) is 12.0. The Morgan fingerprint density at radius 2 is 2.10 bits per heavy atom. The molecule has 1 aliphatic rings. The van der Waals surface area contributed by atoms with Crippen LogP contribution in [0.1, 0.15) is 19.8 Å². The van der Waals surface area contributed by atoms with Gasteiger partial charge in [0.15, 0.2) is 0 Å². The number of carbonyl (C=O) groups excluding carboxylic acids is 1. The number of aromatic nitrogens is 2. The Morgan fingerprint density at radius 3 is 2.81 bits per heavy atom. The van der Waals surface area contributed by atoms with Crippen LogP contribution in [-0.2, 0) is 4.79 Å². The van der Waals surface area contributed by atoms with E-state index in [4.69, 9.17) is 5.73 Å². The van der Waals surface area contributed by atoms with Crippen LogP contribution in [-0.4, -0.2) is 35.0 Å². The summed E-state index contributed by atoms with van der Waals surface area (Å²) < 4.78 is 0. The summed E-state index contributed by atoms with van der Waals surface area (Å²) in [6, 6.07) is 5.95. The second kappa shape index (κ2) is 5.55. The van der Waals surface area contributed by atoms with Crippen molar-refractivity contribution in [3.8, 4) is 0 Å². The number of hydrogen-bond donors (Lipinski definition) is 2. The van der Waals surface area contributed by atoms with Gasteiger partial charge in [0.05, 0.1) is 5.52 Å². The molecule has 1 amide bonds. The number of rotatable bonds is 2. The highest BCUT2D eigenvalue weighted by atomic mass is 16.1. The third-order valence-electron chi connectivity index (χ3n) is 3.84. The number of nitrogen functional groups attached to an aromatic ring is 1. The second-order valence-corrected chi connectivity index (χ2v) is 5.44. The lowest BCUT2D eigenvalue weighted by atomic mass is 10.0. The van der Waals surface area contributed by atoms with Gasteiger partial charge >= 0.3 is 0 Å². The molecule has 0 aliphatic carbocycles. The van der Waals surface area contributed by atoms with E-state index in [1.807, 2.05) is 18.2 Å². The molecule has 1 aromatic carbocycles. The summed E-state index contributed by atoms with van der Waals surface area (Å²) in [5.41, 5.74) is 7.49. The maximum Gasteiger partial charge on any atom is 0.217 e. The predicted octanol–water partition coefficient (Wildman–Crippen LogP) is 1.32. The fourth-order valence-electron chi connectivity index (χ4n) is 2.84. The summed E-state index contributed by atoms with van der Waals surface area (Å²) in [5.74, 6) is 0.960. The Bertz CT molecular complexity index is 664. The van der Waals surface area contributed by atoms with Crippen LogP contribution in [0.3, 0.4) is 0 Å². The molecule has 0 bridgehead atoms. The van der Waals surface area contributed by atoms with Crippen molar-refractivity contribution in [2.45, 2.75) is 25.8 Å². The molecule has 110 valence electrons. The van der Waals surface area contributed by atoms with E-state index in [9.17, 15) is 4.79 Å². The van der Waals surface area contributed by atoms with E-state index in [1.54, 1.807) is 13.3 Å². The number of benzene rings is 1. The van der Waals surface area contributed by atoms with Crippen LogP contribution >= 0.6 is 0 Å². The van der Waals surface area contributed by atoms with Crippen LogP contribution in [0.25, 0.3) is 10.9 Å². The molecule has 0 unspecified atom stereocenters. The number of anilines is 2. The third-order valence-corrected chi connectivity index (χ3v) is 3.84. The number of nitrogens with zero attached hydrogens (tertiary/aromatic N) is 3. The van der Waals surface area contributed by atoms with E-state index < -0.39 is 0 Å². The highest BCUT2D eigenvalue weighted by Crippen LogP contribution is 2.27. The molecular weight excluding hydrogens is 266 g/mol. The lowest BCUT2D eigenvalue weighted by Gasteiger charge is -2.33. The SMILES string of the molecule is CC(=O)NC1CCN(c2ncnc3ccc(N)cc23)CC1. The second-order valence-electron chi connectivity index (χ2n) is 5.44. The van der Waals surface area contributed by atoms with Gasteiger partial charge in [0.2, 0.25) is 5.91 Å². The van der Waals surface area contributed by atoms with Crippen LogP contribution in [0.15, 0.2) is 24.5 Å². The topological polar surface area (TPSA) is 84.1 Å². The van der Waals surface area contributed by atoms with Gasteiger partial charge in [-0.05, 0) is 31.0 Å². The molecule has 6 heteroatoms. The molecule has 1 aliphatic heterocycles. The summed E-state index contributed by atoms with van der Waals surface area (Å²) in [7, 11) is 0. The quantitative estimate of drug-likeness (QED) is 0.813. The van der Waals surface area contributed by atoms with E-state index in [0.29, 0.717) is 5.69 Å². The Labute approximate surface area is 123 Å². The summed E-state index contributed by atoms with van der Waals surface area (Å²) in [4.78, 5) is 22.1. The van der Waals surface area contributed by atoms with Crippen LogP contribution in [0.4, 0.5) is 11.5 Å². The average molecular weight is 285 g/mol. The van der Waals surface area contributed by atoms with Gasteiger partial charge in [-0.1, -0.05) is 0 Å². The van der Waals surface area contributed by atoms with Crippen molar-refractivity contribution in [2.75, 3.05) is 23.7 Å². The third kappa shape index (κ3) is 2.89. The minimum Gasteiger partial charge on any atom is -0.399 e. The minimum absolute atomic E-state index is 0.0358. The molecule has 3 N–H and O–H groups in total. The van der Waals surface area contributed by atoms with Crippen LogP contribution in [0.2, 0.25) is 0 Å². The molecule has 6 nitrogen and oxygen atoms in total. The molecular formula is C15H19N5O. The Morgan fingerprint density at radius 1 is 1.33 bits per heavy atom. The lowest BCUT2D eigenvalue weighted by Crippen LogP contribution is -2.44. The Balaban J connectivity index is 1.82. The van der Waals surface area contributed by atoms with Crippen molar-refractivity contribution in [1.82, 2.24) is 15.3 Å². The maximum absolute atomic E-state index is 11.1. The summed E-state index contributed by atoms with van der Waals surface area (Å²) in [6.45, 7) is 3.30. The van der Waals surface area contributed by atoms with E-state index in [2.05, 4.69) is 20.2 Å². The zero-order chi connectivity index (χ0) is 14.8. The standard InChI is InChI=1S/C15H19N5O/c1-10(21)19-12-4-6-20(7-5-12)15-13-8-11(16)2-3-14(13)17-9-18-15/h2-3,8-9,12H,4-7,16H2,1H3,(H,19,21). The molecule has 21 heavy (non-hydrogen) atoms. The van der Waals surface area contributed by atoms with Gasteiger partial charge in [-0.2, -0.15) is 0 Å². The lowest BCUT2D eigenvalue weighted by molar-refractivity contribution is -0.119. The first kappa shape index (κ1) is 13.6. The smallest absolute Gasteiger partial charge is 0.217 e. The van der Waals surface area contributed by atoms with Crippen LogP contribution < -0.4 is 16.0 Å². The van der Waals surface area contributed by atoms with Crippen molar-refractivity contribution < 1.29 is 4.79 Å². The zero-order valence-corrected chi connectivity index (χ0v) is 12.0. The van der Waals surface area contributed by atoms with Gasteiger partial charge in [-0.25, -0.2) is 9.97 Å². The number of hydrogen-bond acceptors (Lipinski definition) is 5. The fraction of sp³-hybridized carbons (Fsp3) is 0.400. The minimum atomic E-state index is 0.0358. The predicted molar refractivity (Wildman–Crippen MR) is 83.0 cm³/mol. The van der Waals surface area contributed by atoms with E-state index in [-0.39, 0.29) is 11.9 Å². The number of amides is 1. The molecule has 2 heterocycles. The van der Waals surface area contributed by atoms with Gasteiger partial charge in [-0.3, -0.25) is 4.79 Å². The Hall–Kier alpha value is -2.37. The van der Waals surface area contributed by atoms with Gasteiger partial charge in [-0.15, -0.1) is 0 Å². The molecule has 0 atom stereocenters. The highest BCUT2D eigenvalue weighted by Gasteiger charge is 2.22. The average Bonchev–Trinajstić information content (AvgIpc) is 2.47. The number of nitrogens with one attached hydrogen (secondary N) is 1. The van der Waals surface area contributed by atoms with Gasteiger partial charge in [0, 0.05) is 37.1 Å². The summed E-state index contributed by atoms with van der Waals surface area (Å²) in [6.07, 6.45) is 3.44. The molecule has 0 spiro atoms. The number of nitrogens with two attached hydrogens (primary N) is 1. The first-order valence-corrected chi connectivity index (χ1v) is 7.16.